The molecular formula is C18H15N3O2S. The van der Waals surface area contributed by atoms with Crippen LogP contribution in [0.4, 0.5) is 5.69 Å². The maximum absolute atomic E-state index is 12.9. The molecule has 1 aliphatic heterocycles. The molecule has 1 heterocycles. The number of anilines is 1. The fourth-order valence-electron chi connectivity index (χ4n) is 2.78. The highest BCUT2D eigenvalue weighted by Crippen LogP contribution is 2.29. The molecule has 2 amide bonds. The van der Waals surface area contributed by atoms with Gasteiger partial charge in [-0.15, -0.1) is 0 Å². The van der Waals surface area contributed by atoms with Crippen molar-refractivity contribution in [2.45, 2.75) is 18.9 Å². The standard InChI is InChI=1S/C18H15N3O2S/c22-16-14(10-19-12-8-9-12)17(23)21(18(24)20-16)15-7-3-5-11-4-1-2-6-13(11)15/h1-7,10,12,14H,8-9H2,(H,20,22,24). The van der Waals surface area contributed by atoms with Crippen LogP contribution in [0.25, 0.3) is 10.8 Å². The molecule has 1 saturated carbocycles. The fraction of sp³-hybridized carbons (Fsp3) is 0.222. The molecule has 1 saturated heterocycles. The Balaban J connectivity index is 1.76. The third-order valence-corrected chi connectivity index (χ3v) is 4.49. The summed E-state index contributed by atoms with van der Waals surface area (Å²) in [7, 11) is 0. The van der Waals surface area contributed by atoms with Gasteiger partial charge in [-0.25, -0.2) is 0 Å². The molecule has 2 aromatic carbocycles. The first kappa shape index (κ1) is 15.0. The number of aliphatic imine (C=N–C) groups is 1. The van der Waals surface area contributed by atoms with Gasteiger partial charge < -0.3 is 5.32 Å². The molecule has 2 fully saturated rings. The number of fused-ring (bicyclic) bond motifs is 1. The van der Waals surface area contributed by atoms with Crippen LogP contribution in [0.3, 0.4) is 0 Å². The van der Waals surface area contributed by atoms with Crippen LogP contribution in [0.1, 0.15) is 12.8 Å². The third-order valence-electron chi connectivity index (χ3n) is 4.20. The van der Waals surface area contributed by atoms with Gasteiger partial charge in [0.1, 0.15) is 0 Å². The number of carbonyl (C=O) groups excluding carboxylic acids is 2. The Morgan fingerprint density at radius 2 is 1.88 bits per heavy atom. The molecule has 120 valence electrons. The predicted octanol–water partition coefficient (Wildman–Crippen LogP) is 2.44. The first-order chi connectivity index (χ1) is 11.6. The number of hydrogen-bond donors (Lipinski definition) is 1. The van der Waals surface area contributed by atoms with Gasteiger partial charge in [-0.3, -0.25) is 19.5 Å². The largest absolute Gasteiger partial charge is 0.301 e. The van der Waals surface area contributed by atoms with Gasteiger partial charge in [0.2, 0.25) is 5.91 Å². The van der Waals surface area contributed by atoms with Gasteiger partial charge in [-0.2, -0.15) is 0 Å². The zero-order valence-corrected chi connectivity index (χ0v) is 13.6. The molecule has 24 heavy (non-hydrogen) atoms. The number of hydrogen-bond acceptors (Lipinski definition) is 4. The van der Waals surface area contributed by atoms with Gasteiger partial charge in [-0.1, -0.05) is 36.4 Å². The second-order valence-corrected chi connectivity index (χ2v) is 6.36. The van der Waals surface area contributed by atoms with Crippen molar-refractivity contribution in [3.05, 3.63) is 42.5 Å². The summed E-state index contributed by atoms with van der Waals surface area (Å²) in [6, 6.07) is 13.7. The Labute approximate surface area is 144 Å². The number of nitrogens with one attached hydrogen (secondary N) is 1. The van der Waals surface area contributed by atoms with Crippen LogP contribution in [-0.2, 0) is 9.59 Å². The quantitative estimate of drug-likeness (QED) is 0.532. The van der Waals surface area contributed by atoms with Crippen LogP contribution in [0.5, 0.6) is 0 Å². The first-order valence-corrected chi connectivity index (χ1v) is 8.26. The van der Waals surface area contributed by atoms with Crippen molar-refractivity contribution >= 4 is 51.8 Å². The summed E-state index contributed by atoms with van der Waals surface area (Å²) < 4.78 is 0. The highest BCUT2D eigenvalue weighted by Gasteiger charge is 2.39. The van der Waals surface area contributed by atoms with Gasteiger partial charge in [-0.05, 0) is 36.5 Å². The van der Waals surface area contributed by atoms with Crippen molar-refractivity contribution < 1.29 is 9.59 Å². The Morgan fingerprint density at radius 1 is 1.12 bits per heavy atom. The minimum atomic E-state index is -0.934. The van der Waals surface area contributed by atoms with E-state index in [1.54, 1.807) is 0 Å². The van der Waals surface area contributed by atoms with Crippen molar-refractivity contribution in [3.63, 3.8) is 0 Å². The molecule has 2 aliphatic rings. The Hall–Kier alpha value is -2.60. The number of nitrogens with zero attached hydrogens (tertiary/aromatic N) is 2. The van der Waals surface area contributed by atoms with Crippen molar-refractivity contribution in [3.8, 4) is 0 Å². The number of carbonyl (C=O) groups is 2. The summed E-state index contributed by atoms with van der Waals surface area (Å²) in [6.07, 6.45) is 3.50. The van der Waals surface area contributed by atoms with Crippen LogP contribution in [-0.4, -0.2) is 29.2 Å². The van der Waals surface area contributed by atoms with E-state index in [4.69, 9.17) is 12.2 Å². The molecule has 0 spiro atoms. The van der Waals surface area contributed by atoms with E-state index in [0.29, 0.717) is 5.69 Å². The molecule has 0 radical (unpaired) electrons. The van der Waals surface area contributed by atoms with Crippen LogP contribution in [0.2, 0.25) is 0 Å². The van der Waals surface area contributed by atoms with Crippen LogP contribution in [0.15, 0.2) is 47.5 Å². The average molecular weight is 337 g/mol. The average Bonchev–Trinajstić information content (AvgIpc) is 3.39. The lowest BCUT2D eigenvalue weighted by molar-refractivity contribution is -0.130. The number of thiocarbonyl (C=S) groups is 1. The minimum absolute atomic E-state index is 0.109. The molecule has 4 rings (SSSR count). The molecule has 0 aromatic heterocycles. The lowest BCUT2D eigenvalue weighted by Crippen LogP contribution is -2.58. The normalized spacial score (nSPS) is 21.6. The summed E-state index contributed by atoms with van der Waals surface area (Å²) in [5.74, 6) is -1.70. The molecule has 0 bridgehead atoms. The Bertz CT molecular complexity index is 883. The van der Waals surface area contributed by atoms with E-state index < -0.39 is 11.8 Å². The van der Waals surface area contributed by atoms with Crippen LogP contribution < -0.4 is 10.2 Å². The molecule has 1 atom stereocenters. The van der Waals surface area contributed by atoms with E-state index in [1.165, 1.54) is 11.1 Å². The lowest BCUT2D eigenvalue weighted by Gasteiger charge is -2.31. The molecule has 6 heteroatoms. The molecule has 5 nitrogen and oxygen atoms in total. The van der Waals surface area contributed by atoms with E-state index in [9.17, 15) is 9.59 Å². The monoisotopic (exact) mass is 337 g/mol. The van der Waals surface area contributed by atoms with Crippen molar-refractivity contribution in [1.29, 1.82) is 0 Å². The third kappa shape index (κ3) is 2.59. The SMILES string of the molecule is O=C1NC(=S)N(c2cccc3ccccc23)C(=O)C1C=NC1CC1. The predicted molar refractivity (Wildman–Crippen MR) is 97.2 cm³/mol. The van der Waals surface area contributed by atoms with E-state index in [0.717, 1.165) is 23.6 Å². The second-order valence-electron chi connectivity index (χ2n) is 5.97. The first-order valence-electron chi connectivity index (χ1n) is 7.85. The number of amides is 2. The van der Waals surface area contributed by atoms with Gasteiger partial charge >= 0.3 is 0 Å². The minimum Gasteiger partial charge on any atom is -0.301 e. The van der Waals surface area contributed by atoms with Gasteiger partial charge in [0, 0.05) is 17.6 Å². The van der Waals surface area contributed by atoms with E-state index in [1.807, 2.05) is 42.5 Å². The van der Waals surface area contributed by atoms with Crippen molar-refractivity contribution in [1.82, 2.24) is 5.32 Å². The smallest absolute Gasteiger partial charge is 0.251 e. The topological polar surface area (TPSA) is 61.8 Å². The van der Waals surface area contributed by atoms with Crippen molar-refractivity contribution in [2.75, 3.05) is 4.90 Å². The van der Waals surface area contributed by atoms with Crippen LogP contribution >= 0.6 is 12.2 Å². The molecule has 2 aromatic rings. The Morgan fingerprint density at radius 3 is 2.67 bits per heavy atom. The summed E-state index contributed by atoms with van der Waals surface area (Å²) in [5.41, 5.74) is 0.674. The van der Waals surface area contributed by atoms with Gasteiger partial charge in [0.25, 0.3) is 5.91 Å². The molecule has 1 N–H and O–H groups in total. The lowest BCUT2D eigenvalue weighted by atomic mass is 10.0. The maximum atomic E-state index is 12.9. The second kappa shape index (κ2) is 5.79. The Kier molecular flexibility index (Phi) is 3.61. The summed E-state index contributed by atoms with van der Waals surface area (Å²) in [5, 5.41) is 4.64. The summed E-state index contributed by atoms with van der Waals surface area (Å²) in [6.45, 7) is 0. The van der Waals surface area contributed by atoms with Crippen molar-refractivity contribution in [2.24, 2.45) is 10.9 Å². The van der Waals surface area contributed by atoms with Crippen LogP contribution in [0, 0.1) is 5.92 Å². The zero-order valence-electron chi connectivity index (χ0n) is 12.8. The fourth-order valence-corrected chi connectivity index (χ4v) is 3.07. The van der Waals surface area contributed by atoms with E-state index >= 15 is 0 Å². The molecular weight excluding hydrogens is 322 g/mol. The van der Waals surface area contributed by atoms with Gasteiger partial charge in [0.05, 0.1) is 5.69 Å². The maximum Gasteiger partial charge on any atom is 0.251 e. The summed E-state index contributed by atoms with van der Waals surface area (Å²) in [4.78, 5) is 30.8. The summed E-state index contributed by atoms with van der Waals surface area (Å²) >= 11 is 5.26. The molecule has 1 unspecified atom stereocenters. The van der Waals surface area contributed by atoms with E-state index in [2.05, 4.69) is 10.3 Å². The highest BCUT2D eigenvalue weighted by atomic mass is 32.1. The molecule has 1 aliphatic carbocycles. The zero-order chi connectivity index (χ0) is 16.7. The van der Waals surface area contributed by atoms with Gasteiger partial charge in [0.15, 0.2) is 11.0 Å². The number of rotatable bonds is 3. The van der Waals surface area contributed by atoms with E-state index in [-0.39, 0.29) is 17.1 Å². The number of benzene rings is 2. The highest BCUT2D eigenvalue weighted by molar-refractivity contribution is 7.80.